The van der Waals surface area contributed by atoms with Crippen LogP contribution >= 0.6 is 11.8 Å². The third kappa shape index (κ3) is 8.74. The predicted molar refractivity (Wildman–Crippen MR) is 170 cm³/mol. The van der Waals surface area contributed by atoms with Gasteiger partial charge in [0.25, 0.3) is 0 Å². The Labute approximate surface area is 271 Å². The monoisotopic (exact) mass is 657 g/mol. The first-order valence-corrected chi connectivity index (χ1v) is 16.2. The summed E-state index contributed by atoms with van der Waals surface area (Å²) in [6, 6.07) is 18.6. The molecule has 0 amide bonds. The normalized spacial score (nSPS) is 15.9. The van der Waals surface area contributed by atoms with Gasteiger partial charge >= 0.3 is 18.1 Å². The summed E-state index contributed by atoms with van der Waals surface area (Å²) in [4.78, 5) is 32.3. The first-order valence-electron chi connectivity index (χ1n) is 15.4. The van der Waals surface area contributed by atoms with Crippen LogP contribution in [0, 0.1) is 5.92 Å². The van der Waals surface area contributed by atoms with Crippen LogP contribution in [0.5, 0.6) is 11.5 Å². The molecule has 0 aliphatic carbocycles. The number of alkyl halides is 3. The van der Waals surface area contributed by atoms with Gasteiger partial charge in [-0.3, -0.25) is 14.5 Å². The van der Waals surface area contributed by atoms with E-state index in [9.17, 15) is 22.8 Å². The van der Waals surface area contributed by atoms with Crippen molar-refractivity contribution in [1.82, 2.24) is 9.80 Å². The lowest BCUT2D eigenvalue weighted by molar-refractivity contribution is -0.149. The average Bonchev–Trinajstić information content (AvgIpc) is 3.03. The van der Waals surface area contributed by atoms with Crippen molar-refractivity contribution < 1.29 is 37.0 Å². The van der Waals surface area contributed by atoms with E-state index in [2.05, 4.69) is 9.80 Å². The number of anilines is 2. The van der Waals surface area contributed by atoms with Gasteiger partial charge in [0, 0.05) is 56.0 Å². The Kier molecular flexibility index (Phi) is 11.1. The van der Waals surface area contributed by atoms with Gasteiger partial charge in [-0.25, -0.2) is 0 Å². The van der Waals surface area contributed by atoms with Gasteiger partial charge in [-0.05, 0) is 62.4 Å². The molecule has 0 bridgehead atoms. The minimum atomic E-state index is -4.40. The number of fused-ring (bicyclic) bond motifs is 2. The van der Waals surface area contributed by atoms with Crippen molar-refractivity contribution in [1.29, 1.82) is 0 Å². The van der Waals surface area contributed by atoms with Crippen LogP contribution in [0.4, 0.5) is 24.5 Å². The lowest BCUT2D eigenvalue weighted by Gasteiger charge is -2.36. The predicted octanol–water partition coefficient (Wildman–Crippen LogP) is 6.50. The molecule has 3 aromatic rings. The Hall–Kier alpha value is -3.74. The van der Waals surface area contributed by atoms with Crippen LogP contribution in [-0.4, -0.2) is 80.8 Å². The molecule has 2 aliphatic rings. The number of hydrogen-bond acceptors (Lipinski definition) is 9. The number of piperazine rings is 1. The molecule has 2 heterocycles. The minimum Gasteiger partial charge on any atom is -0.489 e. The maximum absolute atomic E-state index is 13.5. The van der Waals surface area contributed by atoms with Crippen LogP contribution in [0.3, 0.4) is 0 Å². The Bertz CT molecular complexity index is 1510. The van der Waals surface area contributed by atoms with E-state index in [1.54, 1.807) is 37.3 Å². The average molecular weight is 658 g/mol. The molecule has 8 nitrogen and oxygen atoms in total. The molecule has 1 atom stereocenters. The molecule has 0 radical (unpaired) electrons. The number of rotatable bonds is 12. The summed E-state index contributed by atoms with van der Waals surface area (Å²) in [6.45, 7) is 8.88. The van der Waals surface area contributed by atoms with E-state index in [1.807, 2.05) is 29.2 Å². The molecule has 5 rings (SSSR count). The second-order valence-corrected chi connectivity index (χ2v) is 12.4. The SMILES string of the molecule is CC(=O)Oc1ccccc1OCC(C)C(=O)OCCN1CCN(CCCN2c3ccccc3Sc3ccc(C(F)(F)F)cc32)CC1. The van der Waals surface area contributed by atoms with E-state index in [4.69, 9.17) is 14.2 Å². The Morgan fingerprint density at radius 2 is 1.50 bits per heavy atom. The molecule has 0 aromatic heterocycles. The highest BCUT2D eigenvalue weighted by molar-refractivity contribution is 7.99. The topological polar surface area (TPSA) is 71.5 Å². The molecule has 0 spiro atoms. The molecular formula is C34H38F3N3O5S. The van der Waals surface area contributed by atoms with Crippen LogP contribution in [-0.2, 0) is 20.5 Å². The number of nitrogens with zero attached hydrogens (tertiary/aromatic N) is 3. The van der Waals surface area contributed by atoms with Gasteiger partial charge in [0.05, 0.1) is 22.9 Å². The Morgan fingerprint density at radius 1 is 0.848 bits per heavy atom. The molecule has 46 heavy (non-hydrogen) atoms. The summed E-state index contributed by atoms with van der Waals surface area (Å²) in [5.41, 5.74) is 0.903. The molecule has 246 valence electrons. The van der Waals surface area contributed by atoms with E-state index in [0.717, 1.165) is 60.7 Å². The van der Waals surface area contributed by atoms with Gasteiger partial charge in [0.1, 0.15) is 13.2 Å². The first kappa shape index (κ1) is 33.6. The van der Waals surface area contributed by atoms with Crippen LogP contribution in [0.1, 0.15) is 25.8 Å². The lowest BCUT2D eigenvalue weighted by atomic mass is 10.1. The number of halogens is 3. The van der Waals surface area contributed by atoms with Gasteiger partial charge in [0.2, 0.25) is 0 Å². The molecule has 1 fully saturated rings. The van der Waals surface area contributed by atoms with Crippen molar-refractivity contribution in [3.05, 3.63) is 72.3 Å². The Morgan fingerprint density at radius 3 is 2.22 bits per heavy atom. The molecule has 0 N–H and O–H groups in total. The number of ether oxygens (including phenoxy) is 3. The number of benzene rings is 3. The zero-order valence-corrected chi connectivity index (χ0v) is 26.7. The maximum atomic E-state index is 13.5. The summed E-state index contributed by atoms with van der Waals surface area (Å²) in [5.74, 6) is -0.625. The van der Waals surface area contributed by atoms with Crippen molar-refractivity contribution >= 4 is 35.1 Å². The highest BCUT2D eigenvalue weighted by Gasteiger charge is 2.33. The molecular weight excluding hydrogens is 619 g/mol. The number of carbonyl (C=O) groups excluding carboxylic acids is 2. The first-order chi connectivity index (χ1) is 22.1. The number of carbonyl (C=O) groups is 2. The second-order valence-electron chi connectivity index (χ2n) is 11.4. The highest BCUT2D eigenvalue weighted by atomic mass is 32.2. The molecule has 3 aromatic carbocycles. The number of hydrogen-bond donors (Lipinski definition) is 0. The van der Waals surface area contributed by atoms with Crippen molar-refractivity contribution in [2.24, 2.45) is 5.92 Å². The van der Waals surface area contributed by atoms with E-state index >= 15 is 0 Å². The standard InChI is InChI=1S/C34H38F3N3O5S/c1-24(23-44-29-9-4-5-10-30(29)45-25(2)41)33(42)43-21-20-39-18-16-38(17-19-39)14-7-15-40-27-8-3-6-11-31(27)46-32-13-12-26(22-28(32)40)34(35,36)37/h3-6,8-13,22,24H,7,14-21,23H2,1-2H3. The van der Waals surface area contributed by atoms with Crippen molar-refractivity contribution in [2.45, 2.75) is 36.2 Å². The van der Waals surface area contributed by atoms with Gasteiger partial charge in [-0.2, -0.15) is 13.2 Å². The number of esters is 2. The largest absolute Gasteiger partial charge is 0.489 e. The van der Waals surface area contributed by atoms with Gasteiger partial charge < -0.3 is 24.0 Å². The molecule has 1 saturated heterocycles. The third-order valence-corrected chi connectivity index (χ3v) is 9.05. The minimum absolute atomic E-state index is 0.0900. The van der Waals surface area contributed by atoms with E-state index in [1.165, 1.54) is 24.8 Å². The fraction of sp³-hybridized carbons (Fsp3) is 0.412. The van der Waals surface area contributed by atoms with Crippen molar-refractivity contribution in [3.63, 3.8) is 0 Å². The van der Waals surface area contributed by atoms with Crippen molar-refractivity contribution in [2.75, 3.05) is 63.9 Å². The summed E-state index contributed by atoms with van der Waals surface area (Å²) in [5, 5.41) is 0. The fourth-order valence-electron chi connectivity index (χ4n) is 5.44. The van der Waals surface area contributed by atoms with Crippen LogP contribution < -0.4 is 14.4 Å². The van der Waals surface area contributed by atoms with Gasteiger partial charge in [-0.1, -0.05) is 36.0 Å². The van der Waals surface area contributed by atoms with E-state index in [0.29, 0.717) is 30.3 Å². The smallest absolute Gasteiger partial charge is 0.416 e. The molecule has 0 saturated carbocycles. The summed E-state index contributed by atoms with van der Waals surface area (Å²) < 4.78 is 56.9. The van der Waals surface area contributed by atoms with E-state index < -0.39 is 23.6 Å². The van der Waals surface area contributed by atoms with Crippen LogP contribution in [0.2, 0.25) is 0 Å². The maximum Gasteiger partial charge on any atom is 0.416 e. The molecule has 2 aliphatic heterocycles. The van der Waals surface area contributed by atoms with Crippen LogP contribution in [0.15, 0.2) is 76.5 Å². The zero-order chi connectivity index (χ0) is 32.7. The second kappa shape index (κ2) is 15.2. The zero-order valence-electron chi connectivity index (χ0n) is 25.9. The highest BCUT2D eigenvalue weighted by Crippen LogP contribution is 2.49. The summed E-state index contributed by atoms with van der Waals surface area (Å²) >= 11 is 1.50. The Balaban J connectivity index is 1.03. The lowest BCUT2D eigenvalue weighted by Crippen LogP contribution is -2.47. The quantitative estimate of drug-likeness (QED) is 0.160. The van der Waals surface area contributed by atoms with Gasteiger partial charge in [0.15, 0.2) is 11.5 Å². The number of para-hydroxylation sites is 3. The fourth-order valence-corrected chi connectivity index (χ4v) is 6.52. The van der Waals surface area contributed by atoms with Crippen molar-refractivity contribution in [3.8, 4) is 11.5 Å². The summed E-state index contributed by atoms with van der Waals surface area (Å²) in [6.07, 6.45) is -3.59. The van der Waals surface area contributed by atoms with Gasteiger partial charge in [-0.15, -0.1) is 0 Å². The summed E-state index contributed by atoms with van der Waals surface area (Å²) in [7, 11) is 0. The third-order valence-electron chi connectivity index (χ3n) is 7.92. The van der Waals surface area contributed by atoms with E-state index in [-0.39, 0.29) is 19.2 Å². The molecule has 12 heteroatoms. The van der Waals surface area contributed by atoms with Crippen LogP contribution in [0.25, 0.3) is 0 Å². The molecule has 1 unspecified atom stereocenters.